The number of benzene rings is 2. The van der Waals surface area contributed by atoms with E-state index in [1.165, 1.54) is 5.57 Å². The van der Waals surface area contributed by atoms with Gasteiger partial charge in [0, 0.05) is 29.6 Å². The van der Waals surface area contributed by atoms with E-state index >= 15 is 0 Å². The topological polar surface area (TPSA) is 101 Å². The van der Waals surface area contributed by atoms with Gasteiger partial charge in [-0.2, -0.15) is 0 Å². The molecule has 7 heteroatoms. The standard InChI is InChI=1S/C26H24N4O3/c1-16(2)4-5-18-12-20(24(32)14-25(18)33-3)22-13-21(17-6-8-19(31)9-7-17)29-26(30-22)23-15-27-10-11-28-23/h4,6-15,31-32H,5H2,1-3H3. The van der Waals surface area contributed by atoms with Crippen molar-refractivity contribution in [3.05, 3.63) is 78.3 Å². The highest BCUT2D eigenvalue weighted by Gasteiger charge is 2.16. The zero-order chi connectivity index (χ0) is 23.4. The molecule has 2 N–H and O–H groups in total. The summed E-state index contributed by atoms with van der Waals surface area (Å²) in [6.07, 6.45) is 7.51. The molecule has 7 nitrogen and oxygen atoms in total. The second kappa shape index (κ2) is 9.48. The van der Waals surface area contributed by atoms with Gasteiger partial charge in [-0.05, 0) is 62.2 Å². The van der Waals surface area contributed by atoms with Gasteiger partial charge in [0.15, 0.2) is 5.82 Å². The lowest BCUT2D eigenvalue weighted by Crippen LogP contribution is -1.99. The average molecular weight is 441 g/mol. The fourth-order valence-corrected chi connectivity index (χ4v) is 3.38. The maximum absolute atomic E-state index is 10.8. The molecule has 0 saturated heterocycles. The second-order valence-corrected chi connectivity index (χ2v) is 7.77. The number of methoxy groups -OCH3 is 1. The number of aromatic hydroxyl groups is 2. The van der Waals surface area contributed by atoms with Crippen LogP contribution in [0.5, 0.6) is 17.2 Å². The molecule has 0 aliphatic carbocycles. The largest absolute Gasteiger partial charge is 0.508 e. The highest BCUT2D eigenvalue weighted by atomic mass is 16.5. The van der Waals surface area contributed by atoms with Crippen LogP contribution < -0.4 is 4.74 Å². The van der Waals surface area contributed by atoms with E-state index in [0.29, 0.717) is 40.6 Å². The lowest BCUT2D eigenvalue weighted by Gasteiger charge is -2.13. The summed E-state index contributed by atoms with van der Waals surface area (Å²) in [6.45, 7) is 4.07. The van der Waals surface area contributed by atoms with Crippen LogP contribution in [0.1, 0.15) is 19.4 Å². The summed E-state index contributed by atoms with van der Waals surface area (Å²) >= 11 is 0. The van der Waals surface area contributed by atoms with Crippen LogP contribution in [0.4, 0.5) is 0 Å². The predicted molar refractivity (Wildman–Crippen MR) is 127 cm³/mol. The fraction of sp³-hybridized carbons (Fsp3) is 0.154. The SMILES string of the molecule is COc1cc(O)c(-c2cc(-c3ccc(O)cc3)nc(-c3cnccn3)n2)cc1CC=C(C)C. The molecule has 4 rings (SSSR count). The summed E-state index contributed by atoms with van der Waals surface area (Å²) in [7, 11) is 1.58. The Labute approximate surface area is 192 Å². The maximum Gasteiger partial charge on any atom is 0.180 e. The van der Waals surface area contributed by atoms with Gasteiger partial charge in [-0.1, -0.05) is 11.6 Å². The van der Waals surface area contributed by atoms with Gasteiger partial charge in [-0.25, -0.2) is 15.0 Å². The van der Waals surface area contributed by atoms with Crippen LogP contribution in [0.15, 0.2) is 72.7 Å². The van der Waals surface area contributed by atoms with Crippen LogP contribution in [-0.2, 0) is 6.42 Å². The monoisotopic (exact) mass is 440 g/mol. The van der Waals surface area contributed by atoms with Crippen molar-refractivity contribution in [2.75, 3.05) is 7.11 Å². The molecule has 0 spiro atoms. The Morgan fingerprint density at radius 3 is 2.36 bits per heavy atom. The Morgan fingerprint density at radius 2 is 1.70 bits per heavy atom. The van der Waals surface area contributed by atoms with E-state index in [1.807, 2.05) is 19.9 Å². The van der Waals surface area contributed by atoms with Crippen LogP contribution in [0, 0.1) is 0 Å². The molecule has 0 fully saturated rings. The number of phenolic OH excluding ortho intramolecular Hbond substituents is 2. The average Bonchev–Trinajstić information content (AvgIpc) is 2.83. The first-order valence-corrected chi connectivity index (χ1v) is 10.4. The zero-order valence-electron chi connectivity index (χ0n) is 18.6. The molecular formula is C26H24N4O3. The van der Waals surface area contributed by atoms with E-state index in [1.54, 1.807) is 62.1 Å². The fourth-order valence-electron chi connectivity index (χ4n) is 3.38. The van der Waals surface area contributed by atoms with Crippen molar-refractivity contribution < 1.29 is 14.9 Å². The Kier molecular flexibility index (Phi) is 6.31. The van der Waals surface area contributed by atoms with Crippen LogP contribution in [0.25, 0.3) is 34.0 Å². The van der Waals surface area contributed by atoms with E-state index in [-0.39, 0.29) is 11.5 Å². The second-order valence-electron chi connectivity index (χ2n) is 7.77. The summed E-state index contributed by atoms with van der Waals surface area (Å²) in [5, 5.41) is 20.5. The number of nitrogens with zero attached hydrogens (tertiary/aromatic N) is 4. The Hall–Kier alpha value is -4.26. The normalized spacial score (nSPS) is 10.6. The smallest absolute Gasteiger partial charge is 0.180 e. The number of ether oxygens (including phenoxy) is 1. The van der Waals surface area contributed by atoms with Gasteiger partial charge in [0.25, 0.3) is 0 Å². The molecule has 0 amide bonds. The molecule has 4 aromatic rings. The summed E-state index contributed by atoms with van der Waals surface area (Å²) in [6, 6.07) is 12.0. The zero-order valence-corrected chi connectivity index (χ0v) is 18.6. The van der Waals surface area contributed by atoms with E-state index in [0.717, 1.165) is 11.1 Å². The summed E-state index contributed by atoms with van der Waals surface area (Å²) in [5.41, 5.74) is 5.14. The molecule has 33 heavy (non-hydrogen) atoms. The number of rotatable bonds is 6. The third-order valence-electron chi connectivity index (χ3n) is 5.09. The minimum atomic E-state index is 0.0493. The molecule has 2 aromatic heterocycles. The van der Waals surface area contributed by atoms with Gasteiger partial charge in [0.2, 0.25) is 0 Å². The van der Waals surface area contributed by atoms with Crippen molar-refractivity contribution in [1.29, 1.82) is 0 Å². The van der Waals surface area contributed by atoms with Crippen LogP contribution in [0.2, 0.25) is 0 Å². The molecule has 166 valence electrons. The minimum absolute atomic E-state index is 0.0493. The van der Waals surface area contributed by atoms with Crippen molar-refractivity contribution >= 4 is 0 Å². The number of allylic oxidation sites excluding steroid dienone is 2. The van der Waals surface area contributed by atoms with E-state index < -0.39 is 0 Å². The number of aromatic nitrogens is 4. The lowest BCUT2D eigenvalue weighted by atomic mass is 10.0. The Bertz CT molecular complexity index is 1300. The third-order valence-corrected chi connectivity index (χ3v) is 5.09. The van der Waals surface area contributed by atoms with Crippen molar-refractivity contribution in [2.24, 2.45) is 0 Å². The van der Waals surface area contributed by atoms with Gasteiger partial charge < -0.3 is 14.9 Å². The summed E-state index contributed by atoms with van der Waals surface area (Å²) in [5.74, 6) is 1.20. The van der Waals surface area contributed by atoms with Crippen LogP contribution in [0.3, 0.4) is 0 Å². The third kappa shape index (κ3) is 4.98. The van der Waals surface area contributed by atoms with Crippen molar-refractivity contribution in [2.45, 2.75) is 20.3 Å². The Morgan fingerprint density at radius 1 is 0.939 bits per heavy atom. The quantitative estimate of drug-likeness (QED) is 0.398. The molecule has 2 heterocycles. The van der Waals surface area contributed by atoms with Gasteiger partial charge in [-0.3, -0.25) is 4.98 Å². The number of phenols is 2. The van der Waals surface area contributed by atoms with Gasteiger partial charge in [-0.15, -0.1) is 0 Å². The van der Waals surface area contributed by atoms with Crippen molar-refractivity contribution in [3.63, 3.8) is 0 Å². The first-order chi connectivity index (χ1) is 15.9. The van der Waals surface area contributed by atoms with Gasteiger partial charge in [0.1, 0.15) is 22.9 Å². The molecule has 2 aromatic carbocycles. The summed E-state index contributed by atoms with van der Waals surface area (Å²) < 4.78 is 5.48. The van der Waals surface area contributed by atoms with Crippen molar-refractivity contribution in [3.8, 4) is 51.3 Å². The molecule has 0 bridgehead atoms. The molecular weight excluding hydrogens is 416 g/mol. The molecule has 0 saturated carbocycles. The molecule has 0 atom stereocenters. The molecule has 0 aliphatic rings. The van der Waals surface area contributed by atoms with E-state index in [4.69, 9.17) is 9.72 Å². The van der Waals surface area contributed by atoms with Crippen LogP contribution >= 0.6 is 0 Å². The predicted octanol–water partition coefficient (Wildman–Crippen LogP) is 5.20. The number of hydrogen-bond donors (Lipinski definition) is 2. The number of hydrogen-bond acceptors (Lipinski definition) is 7. The van der Waals surface area contributed by atoms with Gasteiger partial charge in [0.05, 0.1) is 24.7 Å². The lowest BCUT2D eigenvalue weighted by molar-refractivity contribution is 0.404. The maximum atomic E-state index is 10.8. The van der Waals surface area contributed by atoms with Crippen molar-refractivity contribution in [1.82, 2.24) is 19.9 Å². The highest BCUT2D eigenvalue weighted by Crippen LogP contribution is 2.37. The molecule has 0 unspecified atom stereocenters. The Balaban J connectivity index is 1.91. The molecule has 0 radical (unpaired) electrons. The first kappa shape index (κ1) is 22.0. The van der Waals surface area contributed by atoms with E-state index in [2.05, 4.69) is 21.0 Å². The molecule has 0 aliphatic heterocycles. The van der Waals surface area contributed by atoms with Gasteiger partial charge >= 0.3 is 0 Å². The van der Waals surface area contributed by atoms with Crippen LogP contribution in [-0.4, -0.2) is 37.3 Å². The summed E-state index contributed by atoms with van der Waals surface area (Å²) in [4.78, 5) is 17.8. The first-order valence-electron chi connectivity index (χ1n) is 10.4. The van der Waals surface area contributed by atoms with E-state index in [9.17, 15) is 10.2 Å². The highest BCUT2D eigenvalue weighted by molar-refractivity contribution is 5.75. The minimum Gasteiger partial charge on any atom is -0.508 e.